The van der Waals surface area contributed by atoms with Crippen molar-refractivity contribution in [2.24, 2.45) is 0 Å². The number of piperazine rings is 1. The van der Waals surface area contributed by atoms with E-state index in [-0.39, 0.29) is 36.0 Å². The number of carbonyl (C=O) groups excluding carboxylic acids is 2. The summed E-state index contributed by atoms with van der Waals surface area (Å²) in [6, 6.07) is 16.1. The van der Waals surface area contributed by atoms with Crippen LogP contribution in [0.2, 0.25) is 0 Å². The molecule has 0 atom stereocenters. The summed E-state index contributed by atoms with van der Waals surface area (Å²) >= 11 is 1.39. The highest BCUT2D eigenvalue weighted by Gasteiger charge is 2.28. The number of nitrogens with zero attached hydrogens (tertiary/aromatic N) is 2. The lowest BCUT2D eigenvalue weighted by molar-refractivity contribution is -0.132. The van der Waals surface area contributed by atoms with Crippen LogP contribution in [0.1, 0.15) is 31.7 Å². The number of halogens is 2. The molecule has 0 spiro atoms. The van der Waals surface area contributed by atoms with Crippen LogP contribution in [-0.4, -0.2) is 54.3 Å². The second kappa shape index (κ2) is 10.2. The van der Waals surface area contributed by atoms with E-state index in [0.717, 1.165) is 16.0 Å². The molecule has 0 aliphatic carbocycles. The third kappa shape index (κ3) is 5.64. The molecule has 1 N–H and O–H groups in total. The topological polar surface area (TPSA) is 52.7 Å². The van der Waals surface area contributed by atoms with Crippen LogP contribution >= 0.6 is 11.3 Å². The van der Waals surface area contributed by atoms with Gasteiger partial charge in [0.05, 0.1) is 17.5 Å². The normalized spacial score (nSPS) is 14.5. The maximum atomic E-state index is 13.5. The molecule has 0 radical (unpaired) electrons. The first-order chi connectivity index (χ1) is 15.9. The van der Waals surface area contributed by atoms with Crippen LogP contribution in [-0.2, 0) is 4.79 Å². The number of nitrogens with one attached hydrogen (secondary N) is 1. The van der Waals surface area contributed by atoms with E-state index in [1.54, 1.807) is 35.2 Å². The van der Waals surface area contributed by atoms with Gasteiger partial charge in [-0.15, -0.1) is 11.3 Å². The van der Waals surface area contributed by atoms with Gasteiger partial charge in [-0.25, -0.2) is 8.78 Å². The zero-order chi connectivity index (χ0) is 23.4. The standard InChI is InChI=1S/C25H25F2N3O2S/c1-17-2-11-22(33-17)25(32)28-16-23(31)29-12-14-30(15-13-29)24(18-3-7-20(26)8-4-18)19-5-9-21(27)10-6-19/h2-11,24H,12-16H2,1H3,(H,28,32). The van der Waals surface area contributed by atoms with E-state index in [2.05, 4.69) is 10.2 Å². The number of benzene rings is 2. The molecule has 1 aromatic heterocycles. The van der Waals surface area contributed by atoms with Crippen molar-refractivity contribution in [2.75, 3.05) is 32.7 Å². The predicted molar refractivity (Wildman–Crippen MR) is 124 cm³/mol. The number of carbonyl (C=O) groups is 2. The van der Waals surface area contributed by atoms with Crippen LogP contribution < -0.4 is 5.32 Å². The number of amides is 2. The zero-order valence-corrected chi connectivity index (χ0v) is 19.1. The van der Waals surface area contributed by atoms with E-state index >= 15 is 0 Å². The second-order valence-electron chi connectivity index (χ2n) is 8.02. The number of hydrogen-bond donors (Lipinski definition) is 1. The van der Waals surface area contributed by atoms with Gasteiger partial charge in [0.2, 0.25) is 5.91 Å². The third-order valence-electron chi connectivity index (χ3n) is 5.77. The van der Waals surface area contributed by atoms with E-state index in [0.29, 0.717) is 31.1 Å². The van der Waals surface area contributed by atoms with E-state index in [9.17, 15) is 18.4 Å². The Balaban J connectivity index is 1.39. The van der Waals surface area contributed by atoms with Gasteiger partial charge in [-0.2, -0.15) is 0 Å². The maximum Gasteiger partial charge on any atom is 0.261 e. The van der Waals surface area contributed by atoms with Crippen molar-refractivity contribution in [1.29, 1.82) is 0 Å². The molecule has 172 valence electrons. The molecule has 5 nitrogen and oxygen atoms in total. The molecular formula is C25H25F2N3O2S. The molecule has 1 saturated heterocycles. The zero-order valence-electron chi connectivity index (χ0n) is 18.3. The highest BCUT2D eigenvalue weighted by molar-refractivity contribution is 7.13. The molecule has 0 unspecified atom stereocenters. The van der Waals surface area contributed by atoms with Crippen LogP contribution in [0.4, 0.5) is 8.78 Å². The Hall–Kier alpha value is -3.10. The van der Waals surface area contributed by atoms with Gasteiger partial charge in [-0.3, -0.25) is 14.5 Å². The van der Waals surface area contributed by atoms with Gasteiger partial charge < -0.3 is 10.2 Å². The number of thiophene rings is 1. The lowest BCUT2D eigenvalue weighted by Gasteiger charge is -2.39. The number of rotatable bonds is 6. The lowest BCUT2D eigenvalue weighted by atomic mass is 9.96. The smallest absolute Gasteiger partial charge is 0.261 e. The summed E-state index contributed by atoms with van der Waals surface area (Å²) in [5.74, 6) is -0.997. The Morgan fingerprint density at radius 1 is 0.879 bits per heavy atom. The van der Waals surface area contributed by atoms with Crippen molar-refractivity contribution in [2.45, 2.75) is 13.0 Å². The van der Waals surface area contributed by atoms with Gasteiger partial charge in [-0.05, 0) is 54.4 Å². The largest absolute Gasteiger partial charge is 0.342 e. The SMILES string of the molecule is Cc1ccc(C(=O)NCC(=O)N2CCN(C(c3ccc(F)cc3)c3ccc(F)cc3)CC2)s1. The molecule has 33 heavy (non-hydrogen) atoms. The van der Waals surface area contributed by atoms with Crippen LogP contribution in [0.15, 0.2) is 60.7 Å². The minimum Gasteiger partial charge on any atom is -0.342 e. The molecule has 4 rings (SSSR count). The summed E-state index contributed by atoms with van der Waals surface area (Å²) in [6.07, 6.45) is 0. The lowest BCUT2D eigenvalue weighted by Crippen LogP contribution is -2.52. The van der Waals surface area contributed by atoms with Crippen molar-refractivity contribution in [3.8, 4) is 0 Å². The van der Waals surface area contributed by atoms with Crippen molar-refractivity contribution in [1.82, 2.24) is 15.1 Å². The van der Waals surface area contributed by atoms with E-state index in [4.69, 9.17) is 0 Å². The predicted octanol–water partition coefficient (Wildman–Crippen LogP) is 4.00. The fourth-order valence-electron chi connectivity index (χ4n) is 4.05. The van der Waals surface area contributed by atoms with Crippen LogP contribution in [0.25, 0.3) is 0 Å². The molecule has 8 heteroatoms. The molecule has 2 amide bonds. The fraction of sp³-hybridized carbons (Fsp3) is 0.280. The van der Waals surface area contributed by atoms with Crippen molar-refractivity contribution in [3.63, 3.8) is 0 Å². The Morgan fingerprint density at radius 3 is 1.91 bits per heavy atom. The molecular weight excluding hydrogens is 444 g/mol. The summed E-state index contributed by atoms with van der Waals surface area (Å²) in [6.45, 7) is 4.09. The summed E-state index contributed by atoms with van der Waals surface area (Å²) < 4.78 is 27.0. The van der Waals surface area contributed by atoms with Gasteiger partial charge in [0, 0.05) is 31.1 Å². The summed E-state index contributed by atoms with van der Waals surface area (Å²) in [5.41, 5.74) is 1.81. The average Bonchev–Trinajstić information content (AvgIpc) is 3.27. The van der Waals surface area contributed by atoms with E-state index in [1.165, 1.54) is 35.6 Å². The molecule has 3 aromatic rings. The molecule has 1 fully saturated rings. The van der Waals surface area contributed by atoms with Gasteiger partial charge in [-0.1, -0.05) is 24.3 Å². The molecule has 1 aliphatic heterocycles. The van der Waals surface area contributed by atoms with Crippen LogP contribution in [0.5, 0.6) is 0 Å². The molecule has 2 heterocycles. The minimum absolute atomic E-state index is 0.0465. The second-order valence-corrected chi connectivity index (χ2v) is 9.30. The Morgan fingerprint density at radius 2 is 1.42 bits per heavy atom. The molecule has 1 aliphatic rings. The number of aryl methyl sites for hydroxylation is 1. The van der Waals surface area contributed by atoms with Crippen LogP contribution in [0, 0.1) is 18.6 Å². The van der Waals surface area contributed by atoms with Crippen LogP contribution in [0.3, 0.4) is 0 Å². The summed E-state index contributed by atoms with van der Waals surface area (Å²) in [4.78, 5) is 30.4. The summed E-state index contributed by atoms with van der Waals surface area (Å²) in [5, 5.41) is 2.70. The summed E-state index contributed by atoms with van der Waals surface area (Å²) in [7, 11) is 0. The van der Waals surface area contributed by atoms with E-state index < -0.39 is 0 Å². The van der Waals surface area contributed by atoms with Crippen molar-refractivity contribution < 1.29 is 18.4 Å². The first-order valence-corrected chi connectivity index (χ1v) is 11.6. The van der Waals surface area contributed by atoms with E-state index in [1.807, 2.05) is 13.0 Å². The Kier molecular flexibility index (Phi) is 7.15. The molecule has 2 aromatic carbocycles. The monoisotopic (exact) mass is 469 g/mol. The highest BCUT2D eigenvalue weighted by Crippen LogP contribution is 2.30. The Bertz CT molecular complexity index is 1060. The van der Waals surface area contributed by atoms with Gasteiger partial charge >= 0.3 is 0 Å². The third-order valence-corrected chi connectivity index (χ3v) is 6.77. The minimum atomic E-state index is -0.313. The fourth-order valence-corrected chi connectivity index (χ4v) is 4.83. The number of hydrogen-bond acceptors (Lipinski definition) is 4. The molecule has 0 bridgehead atoms. The van der Waals surface area contributed by atoms with Gasteiger partial charge in [0.25, 0.3) is 5.91 Å². The first kappa shape index (κ1) is 23.1. The first-order valence-electron chi connectivity index (χ1n) is 10.8. The average molecular weight is 470 g/mol. The maximum absolute atomic E-state index is 13.5. The molecule has 0 saturated carbocycles. The van der Waals surface area contributed by atoms with Crippen molar-refractivity contribution in [3.05, 3.63) is 93.2 Å². The Labute approximate surface area is 195 Å². The van der Waals surface area contributed by atoms with Gasteiger partial charge in [0.1, 0.15) is 11.6 Å². The quantitative estimate of drug-likeness (QED) is 0.594. The highest BCUT2D eigenvalue weighted by atomic mass is 32.1. The van der Waals surface area contributed by atoms with Crippen molar-refractivity contribution >= 4 is 23.2 Å². The van der Waals surface area contributed by atoms with Gasteiger partial charge in [0.15, 0.2) is 0 Å².